The zero-order valence-corrected chi connectivity index (χ0v) is 15.9. The summed E-state index contributed by atoms with van der Waals surface area (Å²) in [6.07, 6.45) is 1.41. The number of rotatable bonds is 7. The molecule has 0 atom stereocenters. The molecule has 0 aliphatic carbocycles. The number of furan rings is 1. The minimum Gasteiger partial charge on any atom is -0.465 e. The number of thiophene rings is 2. The molecule has 136 valence electrons. The zero-order valence-electron chi connectivity index (χ0n) is 13.4. The molecule has 0 aromatic carbocycles. The molecule has 0 saturated heterocycles. The lowest BCUT2D eigenvalue weighted by atomic mass is 10.2. The molecule has 7 nitrogen and oxygen atoms in total. The van der Waals surface area contributed by atoms with Crippen molar-refractivity contribution in [1.82, 2.24) is 4.72 Å². The van der Waals surface area contributed by atoms with E-state index in [-0.39, 0.29) is 27.9 Å². The summed E-state index contributed by atoms with van der Waals surface area (Å²) in [6.45, 7) is -0.00507. The standard InChI is InChI=1S/C16H13NO6S3/c1-22-16(19)15-13(6-8-24-15)26(20,21)17-9-10-4-5-12(25-10)14(18)11-3-2-7-23-11/h2-8,17H,9H2,1H3. The molecular weight excluding hydrogens is 398 g/mol. The number of hydrogen-bond acceptors (Lipinski definition) is 8. The first kappa shape index (κ1) is 18.5. The van der Waals surface area contributed by atoms with Gasteiger partial charge in [-0.25, -0.2) is 17.9 Å². The van der Waals surface area contributed by atoms with Crippen LogP contribution in [0.5, 0.6) is 0 Å². The van der Waals surface area contributed by atoms with E-state index in [1.165, 1.54) is 36.2 Å². The van der Waals surface area contributed by atoms with Crippen LogP contribution in [-0.2, 0) is 21.3 Å². The maximum Gasteiger partial charge on any atom is 0.349 e. The Morgan fingerprint density at radius 3 is 2.73 bits per heavy atom. The van der Waals surface area contributed by atoms with Gasteiger partial charge in [0.25, 0.3) is 0 Å². The second-order valence-corrected chi connectivity index (χ2v) is 8.82. The fourth-order valence-electron chi connectivity index (χ4n) is 2.12. The van der Waals surface area contributed by atoms with Gasteiger partial charge in [-0.05, 0) is 35.7 Å². The smallest absolute Gasteiger partial charge is 0.349 e. The molecule has 0 amide bonds. The Labute approximate surface area is 157 Å². The summed E-state index contributed by atoms with van der Waals surface area (Å²) in [5.41, 5.74) is 0. The van der Waals surface area contributed by atoms with Crippen LogP contribution in [0.2, 0.25) is 0 Å². The second kappa shape index (κ2) is 7.54. The number of esters is 1. The fourth-order valence-corrected chi connectivity index (χ4v) is 5.44. The topological polar surface area (TPSA) is 103 Å². The molecule has 0 aliphatic rings. The number of nitrogens with one attached hydrogen (secondary N) is 1. The molecule has 0 radical (unpaired) electrons. The van der Waals surface area contributed by atoms with Crippen molar-refractivity contribution in [3.8, 4) is 0 Å². The average molecular weight is 411 g/mol. The van der Waals surface area contributed by atoms with Gasteiger partial charge in [-0.2, -0.15) is 0 Å². The Balaban J connectivity index is 1.72. The van der Waals surface area contributed by atoms with E-state index in [1.807, 2.05) is 0 Å². The number of ketones is 1. The summed E-state index contributed by atoms with van der Waals surface area (Å²) in [5, 5.41) is 1.51. The highest BCUT2D eigenvalue weighted by Gasteiger charge is 2.24. The lowest BCUT2D eigenvalue weighted by molar-refractivity contribution is 0.0602. The van der Waals surface area contributed by atoms with Crippen molar-refractivity contribution in [2.45, 2.75) is 11.4 Å². The number of sulfonamides is 1. The quantitative estimate of drug-likeness (QED) is 0.474. The zero-order chi connectivity index (χ0) is 18.7. The van der Waals surface area contributed by atoms with E-state index in [0.717, 1.165) is 11.3 Å². The van der Waals surface area contributed by atoms with E-state index in [1.54, 1.807) is 24.3 Å². The molecule has 0 unspecified atom stereocenters. The van der Waals surface area contributed by atoms with Gasteiger partial charge in [0, 0.05) is 11.4 Å². The summed E-state index contributed by atoms with van der Waals surface area (Å²) in [4.78, 5) is 24.8. The van der Waals surface area contributed by atoms with Gasteiger partial charge in [-0.3, -0.25) is 4.79 Å². The van der Waals surface area contributed by atoms with E-state index in [9.17, 15) is 18.0 Å². The van der Waals surface area contributed by atoms with E-state index in [2.05, 4.69) is 9.46 Å². The molecule has 3 heterocycles. The van der Waals surface area contributed by atoms with Gasteiger partial charge in [0.1, 0.15) is 9.77 Å². The maximum absolute atomic E-state index is 12.4. The van der Waals surface area contributed by atoms with E-state index >= 15 is 0 Å². The van der Waals surface area contributed by atoms with Gasteiger partial charge < -0.3 is 9.15 Å². The molecular formula is C16H13NO6S3. The van der Waals surface area contributed by atoms with Gasteiger partial charge in [0.05, 0.1) is 18.3 Å². The van der Waals surface area contributed by atoms with E-state index < -0.39 is 16.0 Å². The summed E-state index contributed by atoms with van der Waals surface area (Å²) in [7, 11) is -2.70. The Morgan fingerprint density at radius 1 is 1.23 bits per heavy atom. The third-order valence-electron chi connectivity index (χ3n) is 3.36. The lowest BCUT2D eigenvalue weighted by Crippen LogP contribution is -2.24. The molecule has 1 N–H and O–H groups in total. The van der Waals surface area contributed by atoms with Crippen molar-refractivity contribution in [3.63, 3.8) is 0 Å². The van der Waals surface area contributed by atoms with Crippen molar-refractivity contribution < 1.29 is 27.2 Å². The Hall–Kier alpha value is -2.27. The van der Waals surface area contributed by atoms with Crippen LogP contribution in [0.15, 0.2) is 51.3 Å². The maximum atomic E-state index is 12.4. The second-order valence-electron chi connectivity index (χ2n) is 5.00. The molecule has 10 heteroatoms. The van der Waals surface area contributed by atoms with Gasteiger partial charge in [-0.15, -0.1) is 22.7 Å². The van der Waals surface area contributed by atoms with Crippen LogP contribution in [0.25, 0.3) is 0 Å². The highest BCUT2D eigenvalue weighted by Crippen LogP contribution is 2.24. The van der Waals surface area contributed by atoms with Crippen molar-refractivity contribution >= 4 is 44.4 Å². The Bertz CT molecular complexity index is 1030. The molecule has 0 fully saturated rings. The van der Waals surface area contributed by atoms with Crippen LogP contribution < -0.4 is 4.72 Å². The predicted octanol–water partition coefficient (Wildman–Crippen LogP) is 2.90. The summed E-state index contributed by atoms with van der Waals surface area (Å²) < 4.78 is 37.0. The molecule has 0 bridgehead atoms. The molecule has 0 aliphatic heterocycles. The third-order valence-corrected chi connectivity index (χ3v) is 6.91. The highest BCUT2D eigenvalue weighted by molar-refractivity contribution is 7.89. The number of ether oxygens (including phenoxy) is 1. The third kappa shape index (κ3) is 3.78. The van der Waals surface area contributed by atoms with Crippen LogP contribution in [0, 0.1) is 0 Å². The molecule has 0 spiro atoms. The van der Waals surface area contributed by atoms with Gasteiger partial charge in [0.2, 0.25) is 15.8 Å². The number of hydrogen-bond donors (Lipinski definition) is 1. The molecule has 3 aromatic rings. The fraction of sp³-hybridized carbons (Fsp3) is 0.125. The number of carbonyl (C=O) groups is 2. The van der Waals surface area contributed by atoms with Crippen LogP contribution in [0.4, 0.5) is 0 Å². The molecule has 3 aromatic heterocycles. The first-order valence-corrected chi connectivity index (χ1v) is 10.4. The van der Waals surface area contributed by atoms with Crippen LogP contribution in [0.1, 0.15) is 30.0 Å². The largest absolute Gasteiger partial charge is 0.465 e. The minimum atomic E-state index is -3.89. The van der Waals surface area contributed by atoms with E-state index in [4.69, 9.17) is 4.42 Å². The monoisotopic (exact) mass is 411 g/mol. The molecule has 26 heavy (non-hydrogen) atoms. The van der Waals surface area contributed by atoms with Gasteiger partial charge in [0.15, 0.2) is 5.76 Å². The van der Waals surface area contributed by atoms with Crippen molar-refractivity contribution in [1.29, 1.82) is 0 Å². The highest BCUT2D eigenvalue weighted by atomic mass is 32.2. The summed E-state index contributed by atoms with van der Waals surface area (Å²) in [5.74, 6) is -0.747. The normalized spacial score (nSPS) is 11.4. The Morgan fingerprint density at radius 2 is 2.04 bits per heavy atom. The summed E-state index contributed by atoms with van der Waals surface area (Å²) >= 11 is 2.16. The van der Waals surface area contributed by atoms with Crippen molar-refractivity contribution in [3.05, 3.63) is 62.4 Å². The molecule has 3 rings (SSSR count). The van der Waals surface area contributed by atoms with Gasteiger partial charge in [-0.1, -0.05) is 0 Å². The van der Waals surface area contributed by atoms with E-state index in [0.29, 0.717) is 9.75 Å². The average Bonchev–Trinajstić information content (AvgIpc) is 3.39. The van der Waals surface area contributed by atoms with Crippen LogP contribution in [-0.4, -0.2) is 27.3 Å². The van der Waals surface area contributed by atoms with Gasteiger partial charge >= 0.3 is 5.97 Å². The predicted molar refractivity (Wildman–Crippen MR) is 96.1 cm³/mol. The van der Waals surface area contributed by atoms with Crippen LogP contribution >= 0.6 is 22.7 Å². The first-order valence-electron chi connectivity index (χ1n) is 7.25. The van der Waals surface area contributed by atoms with Crippen LogP contribution in [0.3, 0.4) is 0 Å². The first-order chi connectivity index (χ1) is 12.4. The Kier molecular flexibility index (Phi) is 5.37. The summed E-state index contributed by atoms with van der Waals surface area (Å²) in [6, 6.07) is 7.81. The lowest BCUT2D eigenvalue weighted by Gasteiger charge is -2.06. The van der Waals surface area contributed by atoms with Crippen molar-refractivity contribution in [2.75, 3.05) is 7.11 Å². The molecule has 0 saturated carbocycles. The number of carbonyl (C=O) groups excluding carboxylic acids is 2. The number of methoxy groups -OCH3 is 1. The minimum absolute atomic E-state index is 0.00507. The SMILES string of the molecule is COC(=O)c1sccc1S(=O)(=O)NCc1ccc(C(=O)c2ccco2)s1. The van der Waals surface area contributed by atoms with Crippen molar-refractivity contribution in [2.24, 2.45) is 0 Å².